The number of esters is 1. The molecule has 0 rings (SSSR count). The van der Waals surface area contributed by atoms with E-state index >= 15 is 0 Å². The van der Waals surface area contributed by atoms with Crippen LogP contribution in [0.1, 0.15) is 361 Å². The summed E-state index contributed by atoms with van der Waals surface area (Å²) in [6, 6.07) is -0.539. The maximum atomic E-state index is 12.5. The third-order valence-corrected chi connectivity index (χ3v) is 15.2. The van der Waals surface area contributed by atoms with E-state index in [2.05, 4.69) is 43.5 Å². The molecule has 6 nitrogen and oxygen atoms in total. The highest BCUT2D eigenvalue weighted by atomic mass is 16.5. The molecule has 0 bridgehead atoms. The van der Waals surface area contributed by atoms with Crippen molar-refractivity contribution in [2.24, 2.45) is 0 Å². The SMILES string of the molecule is CCC/C=C\C/C=C\CCCCCCCC(=O)OCCCCCCCCCCCCCCCCCCCCCCCCCCCCC(=O)NC(CO)C(O)CCCCCCCCCCCCCCCCCC. The second-order valence-corrected chi connectivity index (χ2v) is 22.5. The van der Waals surface area contributed by atoms with Crippen LogP contribution >= 0.6 is 0 Å². The minimum absolute atomic E-state index is 0.00231. The molecule has 0 saturated carbocycles. The van der Waals surface area contributed by atoms with E-state index < -0.39 is 12.1 Å². The summed E-state index contributed by atoms with van der Waals surface area (Å²) in [6.45, 7) is 4.91. The van der Waals surface area contributed by atoms with Gasteiger partial charge in [-0.25, -0.2) is 0 Å². The normalized spacial score (nSPS) is 12.7. The molecular weight excluding hydrogens is 887 g/mol. The summed E-state index contributed by atoms with van der Waals surface area (Å²) in [5.41, 5.74) is 0. The summed E-state index contributed by atoms with van der Waals surface area (Å²) >= 11 is 0. The second kappa shape index (κ2) is 61.9. The Kier molecular flexibility index (Phi) is 60.5. The summed E-state index contributed by atoms with van der Waals surface area (Å²) in [7, 11) is 0. The van der Waals surface area contributed by atoms with Crippen LogP contribution in [0.4, 0.5) is 0 Å². The number of aliphatic hydroxyl groups is 2. The number of aliphatic hydroxyl groups excluding tert-OH is 2. The van der Waals surface area contributed by atoms with Crippen LogP contribution in [0.5, 0.6) is 0 Å². The fraction of sp³-hybridized carbons (Fsp3) is 0.909. The lowest BCUT2D eigenvalue weighted by Crippen LogP contribution is -2.45. The highest BCUT2D eigenvalue weighted by Crippen LogP contribution is 2.19. The summed E-state index contributed by atoms with van der Waals surface area (Å²) in [5.74, 6) is -0.0278. The number of nitrogens with one attached hydrogen (secondary N) is 1. The molecule has 0 aliphatic heterocycles. The maximum absolute atomic E-state index is 12.5. The van der Waals surface area contributed by atoms with Gasteiger partial charge in [-0.15, -0.1) is 0 Å². The van der Waals surface area contributed by atoms with Crippen LogP contribution in [0.15, 0.2) is 24.3 Å². The van der Waals surface area contributed by atoms with E-state index in [1.165, 1.54) is 276 Å². The van der Waals surface area contributed by atoms with Gasteiger partial charge in [0.2, 0.25) is 5.91 Å². The number of allylic oxidation sites excluding steroid dienone is 4. The molecule has 1 amide bonds. The van der Waals surface area contributed by atoms with E-state index in [0.717, 1.165) is 51.4 Å². The third-order valence-electron chi connectivity index (χ3n) is 15.2. The average Bonchev–Trinajstić information content (AvgIpc) is 3.38. The number of amides is 1. The van der Waals surface area contributed by atoms with Crippen molar-refractivity contribution < 1.29 is 24.5 Å². The van der Waals surface area contributed by atoms with Gasteiger partial charge in [-0.2, -0.15) is 0 Å². The van der Waals surface area contributed by atoms with E-state index in [1.807, 2.05) is 0 Å². The summed E-state index contributed by atoms with van der Waals surface area (Å²) < 4.78 is 5.47. The van der Waals surface area contributed by atoms with Crippen molar-refractivity contribution in [2.45, 2.75) is 373 Å². The Hall–Kier alpha value is -1.66. The van der Waals surface area contributed by atoms with Crippen LogP contribution in [0.3, 0.4) is 0 Å². The van der Waals surface area contributed by atoms with Crippen molar-refractivity contribution in [1.29, 1.82) is 0 Å². The second-order valence-electron chi connectivity index (χ2n) is 22.5. The topological polar surface area (TPSA) is 95.9 Å². The minimum atomic E-state index is -0.662. The van der Waals surface area contributed by atoms with E-state index in [0.29, 0.717) is 25.9 Å². The van der Waals surface area contributed by atoms with E-state index in [9.17, 15) is 19.8 Å². The number of hydrogen-bond donors (Lipinski definition) is 3. The van der Waals surface area contributed by atoms with Gasteiger partial charge in [-0.1, -0.05) is 321 Å². The molecule has 0 radical (unpaired) electrons. The van der Waals surface area contributed by atoms with Crippen molar-refractivity contribution >= 4 is 11.9 Å². The van der Waals surface area contributed by atoms with Gasteiger partial charge in [0.15, 0.2) is 0 Å². The standard InChI is InChI=1S/C66H127NO5/c1-3-5-7-9-11-13-15-17-18-31-35-38-42-46-50-54-58-64(69)63(62-68)67-65(70)59-55-51-47-43-39-36-32-29-27-25-23-21-19-20-22-24-26-28-30-33-37-41-45-49-53-57-61-72-66(71)60-56-52-48-44-40-34-16-14-12-10-8-6-4-2/h8,10,14,16,63-64,68-69H,3-7,9,11-13,15,17-62H2,1-2H3,(H,67,70)/b10-8-,16-14-. The molecule has 0 aromatic rings. The molecule has 2 atom stereocenters. The smallest absolute Gasteiger partial charge is 0.305 e. The van der Waals surface area contributed by atoms with Crippen molar-refractivity contribution in [3.05, 3.63) is 24.3 Å². The number of ether oxygens (including phenoxy) is 1. The number of rotatable bonds is 61. The zero-order chi connectivity index (χ0) is 52.2. The van der Waals surface area contributed by atoms with Crippen LogP contribution in [-0.2, 0) is 14.3 Å². The minimum Gasteiger partial charge on any atom is -0.466 e. The molecule has 0 aliphatic carbocycles. The van der Waals surface area contributed by atoms with Crippen molar-refractivity contribution in [2.75, 3.05) is 13.2 Å². The van der Waals surface area contributed by atoms with Crippen LogP contribution in [0.25, 0.3) is 0 Å². The average molecular weight is 1010 g/mol. The molecule has 0 aromatic carbocycles. The van der Waals surface area contributed by atoms with Crippen LogP contribution in [0.2, 0.25) is 0 Å². The zero-order valence-electron chi connectivity index (χ0n) is 48.7. The van der Waals surface area contributed by atoms with Gasteiger partial charge in [0, 0.05) is 12.8 Å². The Morgan fingerprint density at radius 2 is 0.722 bits per heavy atom. The molecule has 426 valence electrons. The van der Waals surface area contributed by atoms with Gasteiger partial charge in [-0.05, 0) is 51.4 Å². The Bertz CT molecular complexity index is 1120. The molecule has 0 spiro atoms. The lowest BCUT2D eigenvalue weighted by Gasteiger charge is -2.22. The first-order chi connectivity index (χ1) is 35.5. The Labute approximate surface area is 450 Å². The molecule has 6 heteroatoms. The van der Waals surface area contributed by atoms with Gasteiger partial charge in [0.1, 0.15) is 0 Å². The number of unbranched alkanes of at least 4 members (excludes halogenated alkanes) is 46. The van der Waals surface area contributed by atoms with Gasteiger partial charge in [0.05, 0.1) is 25.4 Å². The fourth-order valence-corrected chi connectivity index (χ4v) is 10.3. The van der Waals surface area contributed by atoms with Gasteiger partial charge in [-0.3, -0.25) is 9.59 Å². The molecule has 2 unspecified atom stereocenters. The van der Waals surface area contributed by atoms with Gasteiger partial charge in [0.25, 0.3) is 0 Å². The molecule has 0 fully saturated rings. The number of carbonyl (C=O) groups excluding carboxylic acids is 2. The van der Waals surface area contributed by atoms with Crippen molar-refractivity contribution in [3.63, 3.8) is 0 Å². The molecule has 0 aromatic heterocycles. The first kappa shape index (κ1) is 70.3. The van der Waals surface area contributed by atoms with Crippen LogP contribution in [0, 0.1) is 0 Å². The van der Waals surface area contributed by atoms with E-state index in [-0.39, 0.29) is 18.5 Å². The van der Waals surface area contributed by atoms with Gasteiger partial charge < -0.3 is 20.3 Å². The zero-order valence-corrected chi connectivity index (χ0v) is 48.7. The molecule has 0 aliphatic rings. The van der Waals surface area contributed by atoms with E-state index in [4.69, 9.17) is 4.74 Å². The maximum Gasteiger partial charge on any atom is 0.305 e. The van der Waals surface area contributed by atoms with Crippen LogP contribution in [-0.4, -0.2) is 47.4 Å². The molecule has 0 heterocycles. The van der Waals surface area contributed by atoms with E-state index in [1.54, 1.807) is 0 Å². The lowest BCUT2D eigenvalue weighted by atomic mass is 10.0. The monoisotopic (exact) mass is 1010 g/mol. The first-order valence-electron chi connectivity index (χ1n) is 32.6. The summed E-state index contributed by atoms with van der Waals surface area (Å²) in [4.78, 5) is 24.5. The predicted octanol–water partition coefficient (Wildman–Crippen LogP) is 20.6. The van der Waals surface area contributed by atoms with Crippen molar-refractivity contribution in [3.8, 4) is 0 Å². The third kappa shape index (κ3) is 57.6. The molecule has 72 heavy (non-hydrogen) atoms. The Morgan fingerprint density at radius 3 is 1.11 bits per heavy atom. The highest BCUT2D eigenvalue weighted by Gasteiger charge is 2.20. The highest BCUT2D eigenvalue weighted by molar-refractivity contribution is 5.76. The number of carbonyl (C=O) groups is 2. The molecular formula is C66H127NO5. The Morgan fingerprint density at radius 1 is 0.389 bits per heavy atom. The van der Waals surface area contributed by atoms with Gasteiger partial charge >= 0.3 is 5.97 Å². The quantitative estimate of drug-likeness (QED) is 0.0320. The molecule has 0 saturated heterocycles. The molecule has 3 N–H and O–H groups in total. The summed E-state index contributed by atoms with van der Waals surface area (Å²) in [5, 5.41) is 23.3. The predicted molar refractivity (Wildman–Crippen MR) is 315 cm³/mol. The van der Waals surface area contributed by atoms with Crippen LogP contribution < -0.4 is 5.32 Å². The Balaban J connectivity index is 3.35. The first-order valence-corrected chi connectivity index (χ1v) is 32.6. The summed E-state index contributed by atoms with van der Waals surface area (Å²) in [6.07, 6.45) is 76.3. The largest absolute Gasteiger partial charge is 0.466 e. The van der Waals surface area contributed by atoms with Crippen molar-refractivity contribution in [1.82, 2.24) is 5.32 Å². The lowest BCUT2D eigenvalue weighted by molar-refractivity contribution is -0.143. The fourth-order valence-electron chi connectivity index (χ4n) is 10.3. The number of hydrogen-bond acceptors (Lipinski definition) is 5.